The summed E-state index contributed by atoms with van der Waals surface area (Å²) < 4.78 is 0. The summed E-state index contributed by atoms with van der Waals surface area (Å²) in [5.41, 5.74) is 0. The van der Waals surface area contributed by atoms with Crippen molar-refractivity contribution in [3.63, 3.8) is 0 Å². The van der Waals surface area contributed by atoms with E-state index in [1.54, 1.807) is 11.8 Å². The lowest BCUT2D eigenvalue weighted by molar-refractivity contribution is -0.141. The fraction of sp³-hybridized carbons (Fsp3) is 0.846. The number of nitrogens with zero attached hydrogens (tertiary/aromatic N) is 1. The van der Waals surface area contributed by atoms with Gasteiger partial charge in [0.05, 0.1) is 5.92 Å². The van der Waals surface area contributed by atoms with Crippen molar-refractivity contribution in [3.8, 4) is 0 Å². The molecule has 2 amide bonds. The van der Waals surface area contributed by atoms with Gasteiger partial charge in [-0.3, -0.25) is 4.79 Å². The predicted molar refractivity (Wildman–Crippen MR) is 70.9 cm³/mol. The van der Waals surface area contributed by atoms with E-state index in [0.29, 0.717) is 19.4 Å². The molecule has 6 nitrogen and oxygen atoms in total. The Morgan fingerprint density at radius 3 is 2.74 bits per heavy atom. The van der Waals surface area contributed by atoms with Crippen molar-refractivity contribution in [2.24, 2.45) is 5.92 Å². The molecule has 1 saturated heterocycles. The first-order chi connectivity index (χ1) is 9.10. The molecule has 19 heavy (non-hydrogen) atoms. The Kier molecular flexibility index (Phi) is 6.62. The number of carbonyl (C=O) groups excluding carboxylic acids is 1. The summed E-state index contributed by atoms with van der Waals surface area (Å²) in [6, 6.07) is -0.137. The lowest BCUT2D eigenvalue weighted by atomic mass is 10.00. The zero-order valence-electron chi connectivity index (χ0n) is 11.5. The minimum atomic E-state index is -0.881. The molecule has 1 fully saturated rings. The van der Waals surface area contributed by atoms with Gasteiger partial charge in [0.2, 0.25) is 0 Å². The van der Waals surface area contributed by atoms with Gasteiger partial charge >= 0.3 is 12.0 Å². The van der Waals surface area contributed by atoms with Gasteiger partial charge in [0.1, 0.15) is 0 Å². The standard InChI is InChI=1S/C13H24N2O4/c1-2-10(12(17)18)9-14-13(19)15-7-4-3-5-11(15)6-8-16/h10-11,16H,2-9H2,1H3,(H,14,19)(H,17,18). The third kappa shape index (κ3) is 4.70. The largest absolute Gasteiger partial charge is 0.481 e. The van der Waals surface area contributed by atoms with Crippen molar-refractivity contribution in [2.75, 3.05) is 19.7 Å². The first kappa shape index (κ1) is 15.8. The van der Waals surface area contributed by atoms with Gasteiger partial charge in [-0.15, -0.1) is 0 Å². The molecule has 2 unspecified atom stereocenters. The van der Waals surface area contributed by atoms with Crippen LogP contribution in [-0.4, -0.2) is 52.9 Å². The second-order valence-corrected chi connectivity index (χ2v) is 4.98. The second kappa shape index (κ2) is 7.99. The van der Waals surface area contributed by atoms with Crippen LogP contribution in [0.4, 0.5) is 4.79 Å². The number of piperidine rings is 1. The molecule has 0 aromatic carbocycles. The van der Waals surface area contributed by atoms with Crippen molar-refractivity contribution in [2.45, 2.75) is 45.1 Å². The van der Waals surface area contributed by atoms with Crippen LogP contribution in [0.5, 0.6) is 0 Å². The summed E-state index contributed by atoms with van der Waals surface area (Å²) in [6.45, 7) is 2.70. The highest BCUT2D eigenvalue weighted by Crippen LogP contribution is 2.19. The van der Waals surface area contributed by atoms with E-state index in [1.807, 2.05) is 0 Å². The first-order valence-corrected chi connectivity index (χ1v) is 6.98. The number of hydrogen-bond acceptors (Lipinski definition) is 3. The normalized spacial score (nSPS) is 20.9. The summed E-state index contributed by atoms with van der Waals surface area (Å²) in [7, 11) is 0. The minimum absolute atomic E-state index is 0.0706. The van der Waals surface area contributed by atoms with Crippen LogP contribution in [0.3, 0.4) is 0 Å². The molecule has 0 aromatic heterocycles. The van der Waals surface area contributed by atoms with E-state index in [0.717, 1.165) is 19.3 Å². The molecule has 0 aromatic rings. The Hall–Kier alpha value is -1.30. The molecule has 6 heteroatoms. The highest BCUT2D eigenvalue weighted by Gasteiger charge is 2.27. The minimum Gasteiger partial charge on any atom is -0.481 e. The summed E-state index contributed by atoms with van der Waals surface area (Å²) in [5, 5.41) is 20.6. The number of aliphatic hydroxyl groups is 1. The Bertz CT molecular complexity index is 307. The fourth-order valence-corrected chi connectivity index (χ4v) is 2.44. The SMILES string of the molecule is CCC(CNC(=O)N1CCCCC1CCO)C(=O)O. The number of carboxylic acids is 1. The van der Waals surface area contributed by atoms with Crippen LogP contribution >= 0.6 is 0 Å². The van der Waals surface area contributed by atoms with Gasteiger partial charge in [0.15, 0.2) is 0 Å². The number of carbonyl (C=O) groups is 2. The van der Waals surface area contributed by atoms with Crippen molar-refractivity contribution >= 4 is 12.0 Å². The average molecular weight is 272 g/mol. The number of amides is 2. The van der Waals surface area contributed by atoms with Crippen LogP contribution in [0.2, 0.25) is 0 Å². The van der Waals surface area contributed by atoms with E-state index in [-0.39, 0.29) is 25.2 Å². The van der Waals surface area contributed by atoms with Gasteiger partial charge in [-0.1, -0.05) is 6.92 Å². The zero-order valence-corrected chi connectivity index (χ0v) is 11.5. The number of aliphatic carboxylic acids is 1. The van der Waals surface area contributed by atoms with E-state index in [1.165, 1.54) is 0 Å². The molecule has 0 spiro atoms. The Morgan fingerprint density at radius 1 is 1.42 bits per heavy atom. The van der Waals surface area contributed by atoms with E-state index in [2.05, 4.69) is 5.32 Å². The molecule has 1 aliphatic rings. The van der Waals surface area contributed by atoms with Crippen LogP contribution in [0.25, 0.3) is 0 Å². The summed E-state index contributed by atoms with van der Waals surface area (Å²) >= 11 is 0. The summed E-state index contributed by atoms with van der Waals surface area (Å²) in [4.78, 5) is 24.7. The lowest BCUT2D eigenvalue weighted by Crippen LogP contribution is -2.50. The van der Waals surface area contributed by atoms with Gasteiger partial charge in [-0.2, -0.15) is 0 Å². The van der Waals surface area contributed by atoms with Crippen LogP contribution < -0.4 is 5.32 Å². The van der Waals surface area contributed by atoms with Crippen LogP contribution in [-0.2, 0) is 4.79 Å². The van der Waals surface area contributed by atoms with E-state index in [9.17, 15) is 9.59 Å². The van der Waals surface area contributed by atoms with E-state index < -0.39 is 11.9 Å². The number of hydrogen-bond donors (Lipinski definition) is 3. The van der Waals surface area contributed by atoms with Crippen LogP contribution in [0, 0.1) is 5.92 Å². The average Bonchev–Trinajstić information content (AvgIpc) is 2.40. The molecule has 2 atom stereocenters. The molecule has 110 valence electrons. The second-order valence-electron chi connectivity index (χ2n) is 4.98. The first-order valence-electron chi connectivity index (χ1n) is 6.98. The molecule has 1 heterocycles. The zero-order chi connectivity index (χ0) is 14.3. The third-order valence-electron chi connectivity index (χ3n) is 3.69. The van der Waals surface area contributed by atoms with Crippen LogP contribution in [0.1, 0.15) is 39.0 Å². The maximum Gasteiger partial charge on any atom is 0.317 e. The molecule has 1 rings (SSSR count). The molecular weight excluding hydrogens is 248 g/mol. The van der Waals surface area contributed by atoms with Crippen molar-refractivity contribution in [1.82, 2.24) is 10.2 Å². The number of carboxylic acid groups (broad SMARTS) is 1. The summed E-state index contributed by atoms with van der Waals surface area (Å²) in [5.74, 6) is -1.42. The van der Waals surface area contributed by atoms with E-state index in [4.69, 9.17) is 10.2 Å². The fourth-order valence-electron chi connectivity index (χ4n) is 2.44. The van der Waals surface area contributed by atoms with Gasteiger partial charge in [-0.25, -0.2) is 4.79 Å². The highest BCUT2D eigenvalue weighted by atomic mass is 16.4. The lowest BCUT2D eigenvalue weighted by Gasteiger charge is -2.35. The number of nitrogens with one attached hydrogen (secondary N) is 1. The van der Waals surface area contributed by atoms with Gasteiger partial charge in [-0.05, 0) is 32.1 Å². The smallest absolute Gasteiger partial charge is 0.317 e. The van der Waals surface area contributed by atoms with Crippen molar-refractivity contribution in [1.29, 1.82) is 0 Å². The quantitative estimate of drug-likeness (QED) is 0.674. The summed E-state index contributed by atoms with van der Waals surface area (Å²) in [6.07, 6.45) is 4.02. The van der Waals surface area contributed by atoms with Gasteiger partial charge in [0.25, 0.3) is 0 Å². The monoisotopic (exact) mass is 272 g/mol. The number of likely N-dealkylation sites (tertiary alicyclic amines) is 1. The van der Waals surface area contributed by atoms with Crippen molar-refractivity contribution in [3.05, 3.63) is 0 Å². The molecule has 3 N–H and O–H groups in total. The predicted octanol–water partition coefficient (Wildman–Crippen LogP) is 1.04. The molecule has 1 aliphatic heterocycles. The Morgan fingerprint density at radius 2 is 2.16 bits per heavy atom. The molecule has 0 saturated carbocycles. The Labute approximate surface area is 113 Å². The van der Waals surface area contributed by atoms with Crippen molar-refractivity contribution < 1.29 is 19.8 Å². The van der Waals surface area contributed by atoms with Crippen LogP contribution in [0.15, 0.2) is 0 Å². The number of rotatable bonds is 6. The maximum atomic E-state index is 12.1. The number of aliphatic hydroxyl groups excluding tert-OH is 1. The molecule has 0 radical (unpaired) electrons. The Balaban J connectivity index is 2.48. The van der Waals surface area contributed by atoms with Gasteiger partial charge in [0, 0.05) is 25.7 Å². The molecule has 0 bridgehead atoms. The van der Waals surface area contributed by atoms with Gasteiger partial charge < -0.3 is 20.4 Å². The maximum absolute atomic E-state index is 12.1. The highest BCUT2D eigenvalue weighted by molar-refractivity contribution is 5.76. The molecular formula is C13H24N2O4. The topological polar surface area (TPSA) is 89.9 Å². The number of urea groups is 1. The molecule has 0 aliphatic carbocycles. The van der Waals surface area contributed by atoms with E-state index >= 15 is 0 Å². The third-order valence-corrected chi connectivity index (χ3v) is 3.69.